The number of aromatic nitrogens is 1. The van der Waals surface area contributed by atoms with Crippen LogP contribution in [0.4, 0.5) is 24.5 Å². The number of nitrogens with zero attached hydrogens (tertiary/aromatic N) is 2. The van der Waals surface area contributed by atoms with Gasteiger partial charge in [-0.25, -0.2) is 4.39 Å². The first-order chi connectivity index (χ1) is 14.4. The van der Waals surface area contributed by atoms with Crippen LogP contribution in [0.5, 0.6) is 5.75 Å². The minimum atomic E-state index is -2.89. The first kappa shape index (κ1) is 21.4. The van der Waals surface area contributed by atoms with Crippen LogP contribution in [0.1, 0.15) is 6.92 Å². The lowest BCUT2D eigenvalue weighted by molar-refractivity contribution is -0.0499. The highest BCUT2D eigenvalue weighted by atomic mass is 19.3. The van der Waals surface area contributed by atoms with Gasteiger partial charge in [0.2, 0.25) is 0 Å². The average Bonchev–Trinajstić information content (AvgIpc) is 2.70. The molecule has 3 aromatic rings. The number of rotatable bonds is 4. The Labute approximate surface area is 171 Å². The Hall–Kier alpha value is -3.33. The molecule has 0 amide bonds. The van der Waals surface area contributed by atoms with Crippen LogP contribution in [-0.2, 0) is 4.74 Å². The Morgan fingerprint density at radius 2 is 1.97 bits per heavy atom. The minimum Gasteiger partial charge on any atom is -0.433 e. The number of pyridine rings is 1. The molecular formula is C21H21F3N4O2. The SMILES string of the molecule is CC1COCC(N)=N1.Fc1ccc(Nc2cccc3cc(OC(F)F)cnc23)cc1. The van der Waals surface area contributed by atoms with E-state index in [2.05, 4.69) is 20.0 Å². The zero-order valence-electron chi connectivity index (χ0n) is 16.2. The third-order valence-corrected chi connectivity index (χ3v) is 4.03. The molecule has 0 fully saturated rings. The van der Waals surface area contributed by atoms with Gasteiger partial charge >= 0.3 is 6.61 Å². The Bertz CT molecular complexity index is 1010. The molecule has 6 nitrogen and oxygen atoms in total. The quantitative estimate of drug-likeness (QED) is 0.653. The molecule has 0 radical (unpaired) electrons. The van der Waals surface area contributed by atoms with Crippen molar-refractivity contribution in [1.29, 1.82) is 0 Å². The van der Waals surface area contributed by atoms with Gasteiger partial charge in [0.05, 0.1) is 30.0 Å². The lowest BCUT2D eigenvalue weighted by Crippen LogP contribution is -2.29. The molecule has 1 aliphatic heterocycles. The van der Waals surface area contributed by atoms with E-state index in [4.69, 9.17) is 10.5 Å². The smallest absolute Gasteiger partial charge is 0.387 e. The molecule has 4 rings (SSSR count). The molecule has 0 aliphatic carbocycles. The van der Waals surface area contributed by atoms with Crippen molar-refractivity contribution in [3.8, 4) is 5.75 Å². The highest BCUT2D eigenvalue weighted by molar-refractivity contribution is 5.92. The van der Waals surface area contributed by atoms with E-state index in [1.54, 1.807) is 30.3 Å². The van der Waals surface area contributed by atoms with E-state index in [1.165, 1.54) is 24.4 Å². The number of hydrogen-bond donors (Lipinski definition) is 2. The van der Waals surface area contributed by atoms with Gasteiger partial charge in [-0.1, -0.05) is 12.1 Å². The number of aliphatic imine (C=N–C) groups is 1. The normalized spacial score (nSPS) is 15.9. The van der Waals surface area contributed by atoms with E-state index >= 15 is 0 Å². The van der Waals surface area contributed by atoms with Crippen LogP contribution in [0.2, 0.25) is 0 Å². The van der Waals surface area contributed by atoms with Crippen LogP contribution in [-0.4, -0.2) is 36.7 Å². The largest absolute Gasteiger partial charge is 0.433 e. The molecule has 30 heavy (non-hydrogen) atoms. The lowest BCUT2D eigenvalue weighted by atomic mass is 10.2. The molecule has 2 aromatic carbocycles. The monoisotopic (exact) mass is 418 g/mol. The number of hydrogen-bond acceptors (Lipinski definition) is 6. The predicted molar refractivity (Wildman–Crippen MR) is 110 cm³/mol. The van der Waals surface area contributed by atoms with Crippen LogP contribution in [0.3, 0.4) is 0 Å². The summed E-state index contributed by atoms with van der Waals surface area (Å²) in [5.74, 6) is 0.292. The van der Waals surface area contributed by atoms with Gasteiger partial charge in [0.15, 0.2) is 0 Å². The molecule has 0 spiro atoms. The number of halogens is 3. The van der Waals surface area contributed by atoms with E-state index in [-0.39, 0.29) is 17.6 Å². The van der Waals surface area contributed by atoms with Crippen LogP contribution < -0.4 is 15.8 Å². The Morgan fingerprint density at radius 1 is 1.20 bits per heavy atom. The molecular weight excluding hydrogens is 397 g/mol. The van der Waals surface area contributed by atoms with Crippen LogP contribution in [0, 0.1) is 5.82 Å². The highest BCUT2D eigenvalue weighted by Gasteiger charge is 2.08. The van der Waals surface area contributed by atoms with Crippen molar-refractivity contribution in [2.45, 2.75) is 19.6 Å². The summed E-state index contributed by atoms with van der Waals surface area (Å²) in [7, 11) is 0. The summed E-state index contributed by atoms with van der Waals surface area (Å²) in [5, 5.41) is 3.77. The molecule has 2 heterocycles. The topological polar surface area (TPSA) is 81.8 Å². The van der Waals surface area contributed by atoms with Crippen molar-refractivity contribution in [2.24, 2.45) is 10.7 Å². The summed E-state index contributed by atoms with van der Waals surface area (Å²) >= 11 is 0. The van der Waals surface area contributed by atoms with E-state index in [0.717, 1.165) is 0 Å². The molecule has 0 saturated heterocycles. The molecule has 1 aromatic heterocycles. The fourth-order valence-corrected chi connectivity index (χ4v) is 2.79. The van der Waals surface area contributed by atoms with Crippen molar-refractivity contribution in [1.82, 2.24) is 4.98 Å². The van der Waals surface area contributed by atoms with E-state index < -0.39 is 6.61 Å². The highest BCUT2D eigenvalue weighted by Crippen LogP contribution is 2.27. The second-order valence-corrected chi connectivity index (χ2v) is 6.54. The summed E-state index contributed by atoms with van der Waals surface area (Å²) in [6, 6.07) is 12.9. The molecule has 0 bridgehead atoms. The van der Waals surface area contributed by atoms with Crippen LogP contribution in [0.25, 0.3) is 10.9 Å². The second-order valence-electron chi connectivity index (χ2n) is 6.54. The fourth-order valence-electron chi connectivity index (χ4n) is 2.79. The average molecular weight is 418 g/mol. The van der Waals surface area contributed by atoms with Gasteiger partial charge in [-0.15, -0.1) is 0 Å². The number of benzene rings is 2. The zero-order valence-corrected chi connectivity index (χ0v) is 16.2. The van der Waals surface area contributed by atoms with Crippen molar-refractivity contribution in [2.75, 3.05) is 18.5 Å². The van der Waals surface area contributed by atoms with E-state index in [9.17, 15) is 13.2 Å². The number of nitrogens with one attached hydrogen (secondary N) is 1. The molecule has 1 atom stereocenters. The summed E-state index contributed by atoms with van der Waals surface area (Å²) in [5.41, 5.74) is 7.34. The Balaban J connectivity index is 0.000000269. The van der Waals surface area contributed by atoms with Gasteiger partial charge in [-0.3, -0.25) is 9.98 Å². The number of nitrogens with two attached hydrogens (primary N) is 1. The van der Waals surface area contributed by atoms with Gasteiger partial charge in [-0.2, -0.15) is 8.78 Å². The summed E-state index contributed by atoms with van der Waals surface area (Å²) in [4.78, 5) is 8.21. The molecule has 3 N–H and O–H groups in total. The molecule has 1 aliphatic rings. The van der Waals surface area contributed by atoms with Gasteiger partial charge in [0, 0.05) is 11.1 Å². The lowest BCUT2D eigenvalue weighted by Gasteiger charge is -2.13. The summed E-state index contributed by atoms with van der Waals surface area (Å²) < 4.78 is 46.7. The first-order valence-electron chi connectivity index (χ1n) is 9.17. The maximum absolute atomic E-state index is 12.9. The van der Waals surface area contributed by atoms with Crippen molar-refractivity contribution < 1.29 is 22.6 Å². The summed E-state index contributed by atoms with van der Waals surface area (Å²) in [6.07, 6.45) is 1.24. The number of anilines is 2. The van der Waals surface area contributed by atoms with Crippen LogP contribution in [0.15, 0.2) is 59.7 Å². The number of para-hydroxylation sites is 1. The number of alkyl halides is 2. The van der Waals surface area contributed by atoms with Crippen LogP contribution >= 0.6 is 0 Å². The number of ether oxygens (including phenoxy) is 2. The maximum atomic E-state index is 12.9. The van der Waals surface area contributed by atoms with Gasteiger partial charge in [0.1, 0.15) is 24.0 Å². The van der Waals surface area contributed by atoms with Crippen molar-refractivity contribution >= 4 is 28.1 Å². The third-order valence-electron chi connectivity index (χ3n) is 4.03. The van der Waals surface area contributed by atoms with Crippen molar-refractivity contribution in [3.63, 3.8) is 0 Å². The first-order valence-corrected chi connectivity index (χ1v) is 9.17. The number of fused-ring (bicyclic) bond motifs is 1. The van der Waals surface area contributed by atoms with E-state index in [1.807, 2.05) is 6.92 Å². The van der Waals surface area contributed by atoms with E-state index in [0.29, 0.717) is 41.3 Å². The Kier molecular flexibility index (Phi) is 7.08. The molecule has 1 unspecified atom stereocenters. The third kappa shape index (κ3) is 6.08. The summed E-state index contributed by atoms with van der Waals surface area (Å²) in [6.45, 7) is 0.302. The zero-order chi connectivity index (χ0) is 21.5. The maximum Gasteiger partial charge on any atom is 0.387 e. The second kappa shape index (κ2) is 9.93. The predicted octanol–water partition coefficient (Wildman–Crippen LogP) is 4.48. The fraction of sp³-hybridized carbons (Fsp3) is 0.238. The molecule has 0 saturated carbocycles. The molecule has 158 valence electrons. The minimum absolute atomic E-state index is 0.00133. The van der Waals surface area contributed by atoms with Crippen molar-refractivity contribution in [3.05, 3.63) is 60.5 Å². The van der Waals surface area contributed by atoms with Gasteiger partial charge in [0.25, 0.3) is 0 Å². The standard InChI is InChI=1S/C16H11F3N2O.C5H10N2O/c17-11-4-6-12(7-5-11)21-14-3-1-2-10-8-13(22-16(18)19)9-20-15(10)14;1-4-2-8-3-5(6)7-4/h1-9,16,21H;4H,2-3H2,1H3,(H2,6,7). The Morgan fingerprint density at radius 3 is 2.60 bits per heavy atom. The number of amidine groups is 1. The van der Waals surface area contributed by atoms with Gasteiger partial charge in [-0.05, 0) is 43.3 Å². The van der Waals surface area contributed by atoms with Gasteiger partial charge < -0.3 is 20.5 Å². The molecule has 9 heteroatoms.